The van der Waals surface area contributed by atoms with E-state index in [2.05, 4.69) is 48.3 Å². The summed E-state index contributed by atoms with van der Waals surface area (Å²) >= 11 is 6.20. The Hall–Kier alpha value is -0.770. The van der Waals surface area contributed by atoms with Crippen molar-refractivity contribution < 1.29 is 0 Å². The van der Waals surface area contributed by atoms with Gasteiger partial charge in [-0.15, -0.1) is 0 Å². The van der Waals surface area contributed by atoms with Gasteiger partial charge in [0, 0.05) is 42.9 Å². The number of hydrogen-bond donors (Lipinski definition) is 1. The van der Waals surface area contributed by atoms with Gasteiger partial charge in [-0.1, -0.05) is 18.5 Å². The summed E-state index contributed by atoms with van der Waals surface area (Å²) in [6, 6.07) is 7.02. The molecule has 21 heavy (non-hydrogen) atoms. The van der Waals surface area contributed by atoms with Crippen LogP contribution < -0.4 is 10.2 Å². The minimum Gasteiger partial charge on any atom is -0.370 e. The minimum absolute atomic E-state index is 0.721. The van der Waals surface area contributed by atoms with E-state index in [0.717, 1.165) is 43.7 Å². The zero-order chi connectivity index (χ0) is 15.2. The molecule has 1 aliphatic carbocycles. The molecule has 0 atom stereocenters. The Balaban J connectivity index is 2.11. The highest BCUT2D eigenvalue weighted by Gasteiger charge is 2.21. The van der Waals surface area contributed by atoms with E-state index < -0.39 is 0 Å². The lowest BCUT2D eigenvalue weighted by Crippen LogP contribution is -2.33. The summed E-state index contributed by atoms with van der Waals surface area (Å²) in [5.74, 6) is 0. The lowest BCUT2D eigenvalue weighted by molar-refractivity contribution is 0.412. The van der Waals surface area contributed by atoms with Gasteiger partial charge in [-0.3, -0.25) is 0 Å². The number of rotatable bonds is 9. The van der Waals surface area contributed by atoms with Gasteiger partial charge < -0.3 is 15.1 Å². The first-order valence-electron chi connectivity index (χ1n) is 8.01. The van der Waals surface area contributed by atoms with E-state index in [-0.39, 0.29) is 0 Å². The smallest absolute Gasteiger partial charge is 0.0413 e. The molecule has 0 aliphatic heterocycles. The van der Waals surface area contributed by atoms with Crippen molar-refractivity contribution in [3.8, 4) is 0 Å². The number of anilines is 1. The molecule has 0 heterocycles. The lowest BCUT2D eigenvalue weighted by Gasteiger charge is -2.28. The van der Waals surface area contributed by atoms with Gasteiger partial charge in [-0.2, -0.15) is 0 Å². The lowest BCUT2D eigenvalue weighted by atomic mass is 10.1. The Morgan fingerprint density at radius 3 is 2.57 bits per heavy atom. The molecular weight excluding hydrogens is 282 g/mol. The fourth-order valence-electron chi connectivity index (χ4n) is 2.49. The Kier molecular flexibility index (Phi) is 6.34. The van der Waals surface area contributed by atoms with Crippen molar-refractivity contribution in [2.45, 2.75) is 38.8 Å². The summed E-state index contributed by atoms with van der Waals surface area (Å²) < 4.78 is 0. The number of nitrogens with one attached hydrogen (secondary N) is 1. The van der Waals surface area contributed by atoms with Crippen molar-refractivity contribution in [3.05, 3.63) is 28.8 Å². The first kappa shape index (κ1) is 16.6. The van der Waals surface area contributed by atoms with Crippen molar-refractivity contribution in [1.82, 2.24) is 10.2 Å². The molecule has 3 nitrogen and oxygen atoms in total. The Morgan fingerprint density at radius 2 is 1.95 bits per heavy atom. The van der Waals surface area contributed by atoms with Crippen LogP contribution in [0.4, 0.5) is 5.69 Å². The second kappa shape index (κ2) is 8.02. The third kappa shape index (κ3) is 5.50. The minimum atomic E-state index is 0.721. The average Bonchev–Trinajstić information content (AvgIpc) is 3.25. The van der Waals surface area contributed by atoms with E-state index in [1.165, 1.54) is 24.1 Å². The van der Waals surface area contributed by atoms with Crippen LogP contribution in [-0.2, 0) is 6.54 Å². The van der Waals surface area contributed by atoms with Crippen LogP contribution in [0.5, 0.6) is 0 Å². The molecule has 1 aromatic carbocycles. The van der Waals surface area contributed by atoms with Gasteiger partial charge >= 0.3 is 0 Å². The van der Waals surface area contributed by atoms with Crippen LogP contribution in [0.3, 0.4) is 0 Å². The molecule has 0 aromatic heterocycles. The van der Waals surface area contributed by atoms with Gasteiger partial charge in [0.15, 0.2) is 0 Å². The Morgan fingerprint density at radius 1 is 1.19 bits per heavy atom. The first-order chi connectivity index (χ1) is 10.1. The van der Waals surface area contributed by atoms with Crippen molar-refractivity contribution in [3.63, 3.8) is 0 Å². The van der Waals surface area contributed by atoms with Gasteiger partial charge in [0.25, 0.3) is 0 Å². The van der Waals surface area contributed by atoms with Crippen LogP contribution in [0.25, 0.3) is 0 Å². The summed E-state index contributed by atoms with van der Waals surface area (Å²) in [6.45, 7) is 6.37. The van der Waals surface area contributed by atoms with Gasteiger partial charge in [0.1, 0.15) is 0 Å². The van der Waals surface area contributed by atoms with E-state index in [9.17, 15) is 0 Å². The molecule has 1 saturated carbocycles. The van der Waals surface area contributed by atoms with Gasteiger partial charge in [-0.25, -0.2) is 0 Å². The van der Waals surface area contributed by atoms with E-state index in [4.69, 9.17) is 11.6 Å². The quantitative estimate of drug-likeness (QED) is 0.754. The molecule has 1 fully saturated rings. The molecule has 1 aliphatic rings. The molecule has 4 heteroatoms. The molecule has 2 rings (SSSR count). The molecule has 0 saturated heterocycles. The van der Waals surface area contributed by atoms with Crippen molar-refractivity contribution in [2.24, 2.45) is 0 Å². The molecule has 0 spiro atoms. The average molecular weight is 310 g/mol. The summed E-state index contributed by atoms with van der Waals surface area (Å²) in [7, 11) is 4.25. The largest absolute Gasteiger partial charge is 0.370 e. The maximum absolute atomic E-state index is 6.20. The van der Waals surface area contributed by atoms with Crippen molar-refractivity contribution in [2.75, 3.05) is 38.6 Å². The fraction of sp³-hybridized carbons (Fsp3) is 0.647. The van der Waals surface area contributed by atoms with Crippen LogP contribution in [0.2, 0.25) is 5.02 Å². The predicted molar refractivity (Wildman–Crippen MR) is 92.4 cm³/mol. The monoisotopic (exact) mass is 309 g/mol. The number of hydrogen-bond acceptors (Lipinski definition) is 3. The number of nitrogens with zero attached hydrogens (tertiary/aromatic N) is 2. The standard InChI is InChI=1S/C17H28ClN3/c1-4-9-21(11-10-20(2)3)17-8-5-15(18)12-14(17)13-19-16-6-7-16/h5,8,12,16,19H,4,6-7,9-11,13H2,1-3H3. The summed E-state index contributed by atoms with van der Waals surface area (Å²) in [6.07, 6.45) is 3.79. The maximum Gasteiger partial charge on any atom is 0.0413 e. The first-order valence-corrected chi connectivity index (χ1v) is 8.39. The van der Waals surface area contributed by atoms with Gasteiger partial charge in [0.2, 0.25) is 0 Å². The van der Waals surface area contributed by atoms with E-state index >= 15 is 0 Å². The maximum atomic E-state index is 6.20. The SMILES string of the molecule is CCCN(CCN(C)C)c1ccc(Cl)cc1CNC1CC1. The number of likely N-dealkylation sites (N-methyl/N-ethyl adjacent to an activating group) is 1. The predicted octanol–water partition coefficient (Wildman–Crippen LogP) is 3.37. The zero-order valence-electron chi connectivity index (χ0n) is 13.5. The van der Waals surface area contributed by atoms with E-state index in [1.54, 1.807) is 0 Å². The van der Waals surface area contributed by atoms with Crippen LogP contribution >= 0.6 is 11.6 Å². The zero-order valence-corrected chi connectivity index (χ0v) is 14.3. The number of benzene rings is 1. The molecule has 0 radical (unpaired) electrons. The van der Waals surface area contributed by atoms with Crippen LogP contribution in [0, 0.1) is 0 Å². The molecule has 0 amide bonds. The number of halogens is 1. The Labute approximate surface area is 134 Å². The van der Waals surface area contributed by atoms with Crippen LogP contribution in [0.1, 0.15) is 31.7 Å². The third-order valence-electron chi connectivity index (χ3n) is 3.85. The third-order valence-corrected chi connectivity index (χ3v) is 4.09. The highest BCUT2D eigenvalue weighted by atomic mass is 35.5. The molecule has 1 N–H and O–H groups in total. The van der Waals surface area contributed by atoms with Crippen molar-refractivity contribution in [1.29, 1.82) is 0 Å². The second-order valence-electron chi connectivity index (χ2n) is 6.22. The molecule has 0 bridgehead atoms. The Bertz CT molecular complexity index is 444. The van der Waals surface area contributed by atoms with E-state index in [0.29, 0.717) is 0 Å². The topological polar surface area (TPSA) is 18.5 Å². The summed E-state index contributed by atoms with van der Waals surface area (Å²) in [4.78, 5) is 4.72. The second-order valence-corrected chi connectivity index (χ2v) is 6.65. The highest BCUT2D eigenvalue weighted by molar-refractivity contribution is 6.30. The fourth-order valence-corrected chi connectivity index (χ4v) is 2.68. The molecular formula is C17H28ClN3. The summed E-state index contributed by atoms with van der Waals surface area (Å²) in [5.41, 5.74) is 2.65. The van der Waals surface area contributed by atoms with Crippen LogP contribution in [0.15, 0.2) is 18.2 Å². The highest BCUT2D eigenvalue weighted by Crippen LogP contribution is 2.26. The normalized spacial score (nSPS) is 14.7. The van der Waals surface area contributed by atoms with Crippen molar-refractivity contribution >= 4 is 17.3 Å². The molecule has 118 valence electrons. The van der Waals surface area contributed by atoms with Gasteiger partial charge in [0.05, 0.1) is 0 Å². The molecule has 0 unspecified atom stereocenters. The molecule has 1 aromatic rings. The summed E-state index contributed by atoms with van der Waals surface area (Å²) in [5, 5.41) is 4.44. The van der Waals surface area contributed by atoms with E-state index in [1.807, 2.05) is 6.07 Å². The van der Waals surface area contributed by atoms with Gasteiger partial charge in [-0.05, 0) is 57.1 Å². The van der Waals surface area contributed by atoms with Crippen LogP contribution in [-0.4, -0.2) is 44.7 Å².